The van der Waals surface area contributed by atoms with Crippen LogP contribution in [0.1, 0.15) is 10.4 Å². The molecule has 2 aromatic rings. The van der Waals surface area contributed by atoms with Crippen LogP contribution >= 0.6 is 11.6 Å². The largest absolute Gasteiger partial charge is 0.384 e. The van der Waals surface area contributed by atoms with Gasteiger partial charge in [-0.3, -0.25) is 9.78 Å². The minimum Gasteiger partial charge on any atom is -0.384 e. The Kier molecular flexibility index (Phi) is 3.38. The molecule has 18 heavy (non-hydrogen) atoms. The van der Waals surface area contributed by atoms with Gasteiger partial charge in [-0.25, -0.2) is 9.37 Å². The van der Waals surface area contributed by atoms with Gasteiger partial charge >= 0.3 is 0 Å². The molecular weight excluding hydrogens is 259 g/mol. The number of nitrogens with two attached hydrogens (primary N) is 1. The van der Waals surface area contributed by atoms with Crippen molar-refractivity contribution in [1.29, 1.82) is 0 Å². The lowest BCUT2D eigenvalue weighted by Crippen LogP contribution is -2.13. The van der Waals surface area contributed by atoms with E-state index >= 15 is 0 Å². The number of carbonyl (C=O) groups is 1. The standard InChI is InChI=1S/C11H8ClFN4O/c12-9-3-6(4-10(14)17-9)11(18)16-8-1-2-15-5-7(8)13/h1-5H,(H2,14,17)(H,15,16,18). The van der Waals surface area contributed by atoms with Crippen LogP contribution in [0.25, 0.3) is 0 Å². The van der Waals surface area contributed by atoms with Crippen LogP contribution in [0.5, 0.6) is 0 Å². The van der Waals surface area contributed by atoms with E-state index in [1.165, 1.54) is 24.4 Å². The maximum atomic E-state index is 13.3. The summed E-state index contributed by atoms with van der Waals surface area (Å²) in [6.07, 6.45) is 2.37. The number of nitrogen functional groups attached to an aromatic ring is 1. The Hall–Kier alpha value is -2.21. The fourth-order valence-electron chi connectivity index (χ4n) is 1.32. The van der Waals surface area contributed by atoms with E-state index in [0.29, 0.717) is 0 Å². The molecule has 0 radical (unpaired) electrons. The van der Waals surface area contributed by atoms with E-state index in [9.17, 15) is 9.18 Å². The van der Waals surface area contributed by atoms with Gasteiger partial charge in [-0.1, -0.05) is 11.6 Å². The number of nitrogens with one attached hydrogen (secondary N) is 1. The first kappa shape index (κ1) is 12.3. The average molecular weight is 267 g/mol. The van der Waals surface area contributed by atoms with Gasteiger partial charge < -0.3 is 11.1 Å². The van der Waals surface area contributed by atoms with Gasteiger partial charge in [-0.15, -0.1) is 0 Å². The summed E-state index contributed by atoms with van der Waals surface area (Å²) >= 11 is 5.67. The lowest BCUT2D eigenvalue weighted by Gasteiger charge is -2.06. The number of halogens is 2. The van der Waals surface area contributed by atoms with Crippen molar-refractivity contribution in [2.45, 2.75) is 0 Å². The molecule has 0 aliphatic heterocycles. The zero-order valence-electron chi connectivity index (χ0n) is 9.02. The highest BCUT2D eigenvalue weighted by Crippen LogP contribution is 2.16. The van der Waals surface area contributed by atoms with Crippen LogP contribution in [0.3, 0.4) is 0 Å². The van der Waals surface area contributed by atoms with Gasteiger partial charge in [0.25, 0.3) is 5.91 Å². The molecule has 2 rings (SSSR count). The lowest BCUT2D eigenvalue weighted by molar-refractivity contribution is 0.102. The number of nitrogens with zero attached hydrogens (tertiary/aromatic N) is 2. The van der Waals surface area contributed by atoms with Crippen LogP contribution in [0.4, 0.5) is 15.9 Å². The molecule has 2 heterocycles. The van der Waals surface area contributed by atoms with E-state index in [2.05, 4.69) is 15.3 Å². The number of rotatable bonds is 2. The minimum absolute atomic E-state index is 0.0292. The van der Waals surface area contributed by atoms with Gasteiger partial charge in [0, 0.05) is 11.8 Å². The quantitative estimate of drug-likeness (QED) is 0.816. The van der Waals surface area contributed by atoms with E-state index in [4.69, 9.17) is 17.3 Å². The summed E-state index contributed by atoms with van der Waals surface area (Å²) in [6, 6.07) is 4.03. The fourth-order valence-corrected chi connectivity index (χ4v) is 1.53. The second-order valence-electron chi connectivity index (χ2n) is 3.41. The topological polar surface area (TPSA) is 80.9 Å². The fraction of sp³-hybridized carbons (Fsp3) is 0. The molecule has 0 aliphatic carbocycles. The summed E-state index contributed by atoms with van der Waals surface area (Å²) < 4.78 is 13.3. The predicted octanol–water partition coefficient (Wildman–Crippen LogP) is 2.10. The highest BCUT2D eigenvalue weighted by molar-refractivity contribution is 6.30. The number of hydrogen-bond acceptors (Lipinski definition) is 4. The number of aromatic nitrogens is 2. The molecule has 1 amide bonds. The zero-order valence-corrected chi connectivity index (χ0v) is 9.78. The molecule has 0 unspecified atom stereocenters. The van der Waals surface area contributed by atoms with Gasteiger partial charge in [0.15, 0.2) is 5.82 Å². The van der Waals surface area contributed by atoms with E-state index in [-0.39, 0.29) is 22.2 Å². The average Bonchev–Trinajstić information content (AvgIpc) is 2.31. The second kappa shape index (κ2) is 4.97. The van der Waals surface area contributed by atoms with Crippen molar-refractivity contribution >= 4 is 29.0 Å². The van der Waals surface area contributed by atoms with Crippen LogP contribution in [0.15, 0.2) is 30.6 Å². The number of carbonyl (C=O) groups excluding carboxylic acids is 1. The van der Waals surface area contributed by atoms with E-state index in [0.717, 1.165) is 6.20 Å². The van der Waals surface area contributed by atoms with Crippen molar-refractivity contribution in [2.75, 3.05) is 11.1 Å². The van der Waals surface area contributed by atoms with E-state index in [1.807, 2.05) is 0 Å². The summed E-state index contributed by atoms with van der Waals surface area (Å²) in [4.78, 5) is 19.1. The molecule has 5 nitrogen and oxygen atoms in total. The molecule has 0 bridgehead atoms. The van der Waals surface area contributed by atoms with Gasteiger partial charge in [0.1, 0.15) is 11.0 Å². The first-order valence-corrected chi connectivity index (χ1v) is 5.28. The Labute approximate surface area is 107 Å². The highest BCUT2D eigenvalue weighted by atomic mass is 35.5. The number of anilines is 2. The monoisotopic (exact) mass is 266 g/mol. The maximum absolute atomic E-state index is 13.3. The van der Waals surface area contributed by atoms with Crippen LogP contribution in [0, 0.1) is 5.82 Å². The molecular formula is C11H8ClFN4O. The SMILES string of the molecule is Nc1cc(C(=O)Nc2ccncc2F)cc(Cl)n1. The molecule has 0 aliphatic rings. The Morgan fingerprint density at radius 1 is 1.44 bits per heavy atom. The summed E-state index contributed by atoms with van der Waals surface area (Å²) in [7, 11) is 0. The van der Waals surface area contributed by atoms with Gasteiger partial charge in [0.2, 0.25) is 0 Å². The Morgan fingerprint density at radius 3 is 2.89 bits per heavy atom. The van der Waals surface area contributed by atoms with E-state index < -0.39 is 11.7 Å². The van der Waals surface area contributed by atoms with Gasteiger partial charge in [-0.2, -0.15) is 0 Å². The van der Waals surface area contributed by atoms with Crippen molar-refractivity contribution < 1.29 is 9.18 Å². The molecule has 2 aromatic heterocycles. The normalized spacial score (nSPS) is 10.1. The molecule has 0 saturated carbocycles. The number of hydrogen-bond donors (Lipinski definition) is 2. The van der Waals surface area contributed by atoms with Crippen LogP contribution < -0.4 is 11.1 Å². The maximum Gasteiger partial charge on any atom is 0.255 e. The molecule has 0 spiro atoms. The Morgan fingerprint density at radius 2 is 2.22 bits per heavy atom. The van der Waals surface area contributed by atoms with Gasteiger partial charge in [0.05, 0.1) is 11.9 Å². The second-order valence-corrected chi connectivity index (χ2v) is 3.80. The molecule has 0 aromatic carbocycles. The first-order chi connectivity index (χ1) is 8.56. The zero-order chi connectivity index (χ0) is 13.1. The lowest BCUT2D eigenvalue weighted by atomic mass is 10.2. The summed E-state index contributed by atoms with van der Waals surface area (Å²) in [5.41, 5.74) is 5.69. The van der Waals surface area contributed by atoms with E-state index in [1.54, 1.807) is 0 Å². The van der Waals surface area contributed by atoms with Gasteiger partial charge in [-0.05, 0) is 18.2 Å². The number of pyridine rings is 2. The molecule has 92 valence electrons. The molecule has 0 saturated heterocycles. The molecule has 7 heteroatoms. The van der Waals surface area contributed by atoms with Crippen molar-refractivity contribution in [3.8, 4) is 0 Å². The van der Waals surface area contributed by atoms with Crippen LogP contribution in [-0.4, -0.2) is 15.9 Å². The molecule has 0 atom stereocenters. The minimum atomic E-state index is -0.626. The Bertz CT molecular complexity index is 585. The highest BCUT2D eigenvalue weighted by Gasteiger charge is 2.11. The third-order valence-electron chi connectivity index (χ3n) is 2.10. The smallest absolute Gasteiger partial charge is 0.255 e. The first-order valence-electron chi connectivity index (χ1n) is 4.90. The van der Waals surface area contributed by atoms with Crippen molar-refractivity contribution in [2.24, 2.45) is 0 Å². The number of amides is 1. The predicted molar refractivity (Wildman–Crippen MR) is 65.8 cm³/mol. The third kappa shape index (κ3) is 2.72. The summed E-state index contributed by atoms with van der Waals surface area (Å²) in [5.74, 6) is -1.04. The third-order valence-corrected chi connectivity index (χ3v) is 2.29. The van der Waals surface area contributed by atoms with Crippen molar-refractivity contribution in [3.63, 3.8) is 0 Å². The Balaban J connectivity index is 2.25. The van der Waals surface area contributed by atoms with Crippen LogP contribution in [-0.2, 0) is 0 Å². The van der Waals surface area contributed by atoms with Crippen molar-refractivity contribution in [3.05, 3.63) is 47.1 Å². The molecule has 3 N–H and O–H groups in total. The van der Waals surface area contributed by atoms with Crippen LogP contribution in [0.2, 0.25) is 5.15 Å². The van der Waals surface area contributed by atoms with Crippen molar-refractivity contribution in [1.82, 2.24) is 9.97 Å². The summed E-state index contributed by atoms with van der Waals surface area (Å²) in [6.45, 7) is 0. The summed E-state index contributed by atoms with van der Waals surface area (Å²) in [5, 5.41) is 2.48. The molecule has 0 fully saturated rings.